The molecule has 0 bridgehead atoms. The Morgan fingerprint density at radius 2 is 1.89 bits per heavy atom. The Balaban J connectivity index is 1.86. The second kappa shape index (κ2) is 10.4. The van der Waals surface area contributed by atoms with E-state index in [4.69, 9.17) is 4.99 Å². The Hall–Kier alpha value is -4.23. The Morgan fingerprint density at radius 3 is 2.60 bits per heavy atom. The molecule has 0 saturated heterocycles. The zero-order valence-corrected chi connectivity index (χ0v) is 19.7. The fourth-order valence-electron chi connectivity index (χ4n) is 3.85. The first-order chi connectivity index (χ1) is 16.8. The molecule has 3 aromatic carbocycles. The number of benzene rings is 3. The van der Waals surface area contributed by atoms with Gasteiger partial charge in [-0.3, -0.25) is 0 Å². The van der Waals surface area contributed by atoms with Gasteiger partial charge in [-0.2, -0.15) is 0 Å². The van der Waals surface area contributed by atoms with Crippen LogP contribution in [0, 0.1) is 5.82 Å². The molecule has 0 amide bonds. The number of aromatic hydroxyl groups is 1. The molecule has 35 heavy (non-hydrogen) atoms. The van der Waals surface area contributed by atoms with Gasteiger partial charge in [0.1, 0.15) is 5.82 Å². The normalized spacial score (nSPS) is 12.1. The minimum Gasteiger partial charge on any atom is -0.494 e. The third kappa shape index (κ3) is 5.65. The van der Waals surface area contributed by atoms with Crippen molar-refractivity contribution in [2.75, 3.05) is 21.2 Å². The highest BCUT2D eigenvalue weighted by molar-refractivity contribution is 6.22. The molecule has 1 aromatic heterocycles. The molecule has 0 aliphatic rings. The molecule has 0 saturated carbocycles. The van der Waals surface area contributed by atoms with Crippen LogP contribution >= 0.6 is 0 Å². The summed E-state index contributed by atoms with van der Waals surface area (Å²) in [6, 6.07) is 19.6. The van der Waals surface area contributed by atoms with Crippen molar-refractivity contribution in [2.45, 2.75) is 6.54 Å². The van der Waals surface area contributed by atoms with Gasteiger partial charge in [-0.25, -0.2) is 14.2 Å². The van der Waals surface area contributed by atoms with Crippen molar-refractivity contribution in [3.63, 3.8) is 0 Å². The predicted molar refractivity (Wildman–Crippen MR) is 137 cm³/mol. The van der Waals surface area contributed by atoms with E-state index >= 15 is 0 Å². The van der Waals surface area contributed by atoms with E-state index in [9.17, 15) is 14.3 Å². The van der Waals surface area contributed by atoms with Crippen LogP contribution in [0.5, 0.6) is 5.88 Å². The van der Waals surface area contributed by atoms with Crippen molar-refractivity contribution in [1.82, 2.24) is 9.88 Å². The van der Waals surface area contributed by atoms with Crippen molar-refractivity contribution >= 4 is 34.3 Å². The maximum atomic E-state index is 13.8. The molecular formula is C28H26FN3O3. The van der Waals surface area contributed by atoms with E-state index in [0.29, 0.717) is 27.9 Å². The summed E-state index contributed by atoms with van der Waals surface area (Å²) in [5, 5.41) is 11.5. The number of esters is 1. The number of nitrogens with zero attached hydrogens (tertiary/aromatic N) is 2. The molecule has 178 valence electrons. The number of aliphatic imine (C=N–C) groups is 1. The van der Waals surface area contributed by atoms with Gasteiger partial charge in [-0.1, -0.05) is 30.3 Å². The largest absolute Gasteiger partial charge is 0.494 e. The van der Waals surface area contributed by atoms with Gasteiger partial charge in [0.15, 0.2) is 5.88 Å². The lowest BCUT2D eigenvalue weighted by Crippen LogP contribution is -2.10. The number of fused-ring (bicyclic) bond motifs is 1. The number of halogens is 1. The average Bonchev–Trinajstić information content (AvgIpc) is 3.16. The quantitative estimate of drug-likeness (QED) is 0.214. The second-order valence-corrected chi connectivity index (χ2v) is 8.39. The monoisotopic (exact) mass is 471 g/mol. The number of ether oxygens (including phenoxy) is 1. The second-order valence-electron chi connectivity index (χ2n) is 8.39. The van der Waals surface area contributed by atoms with Crippen LogP contribution in [0.2, 0.25) is 0 Å². The molecule has 0 spiro atoms. The van der Waals surface area contributed by atoms with Crippen molar-refractivity contribution in [3.8, 4) is 5.88 Å². The molecular weight excluding hydrogens is 445 g/mol. The molecule has 7 heteroatoms. The molecule has 0 aliphatic heterocycles. The van der Waals surface area contributed by atoms with E-state index in [-0.39, 0.29) is 5.88 Å². The maximum absolute atomic E-state index is 13.8. The number of carbonyl (C=O) groups is 1. The average molecular weight is 472 g/mol. The van der Waals surface area contributed by atoms with Crippen LogP contribution in [0.25, 0.3) is 17.0 Å². The van der Waals surface area contributed by atoms with Crippen LogP contribution in [0.4, 0.5) is 10.1 Å². The van der Waals surface area contributed by atoms with E-state index in [1.165, 1.54) is 25.3 Å². The van der Waals surface area contributed by atoms with Gasteiger partial charge in [-0.15, -0.1) is 0 Å². The van der Waals surface area contributed by atoms with E-state index < -0.39 is 11.8 Å². The Bertz CT molecular complexity index is 1420. The highest BCUT2D eigenvalue weighted by Gasteiger charge is 2.19. The van der Waals surface area contributed by atoms with Gasteiger partial charge in [0, 0.05) is 23.6 Å². The lowest BCUT2D eigenvalue weighted by atomic mass is 9.98. The molecule has 1 heterocycles. The van der Waals surface area contributed by atoms with Gasteiger partial charge in [0.2, 0.25) is 0 Å². The summed E-state index contributed by atoms with van der Waals surface area (Å²) >= 11 is 0. The molecule has 6 nitrogen and oxygen atoms in total. The number of carbonyl (C=O) groups excluding carboxylic acids is 1. The minimum atomic E-state index is -0.460. The molecule has 2 N–H and O–H groups in total. The van der Waals surface area contributed by atoms with Crippen molar-refractivity contribution < 1.29 is 19.0 Å². The summed E-state index contributed by atoms with van der Waals surface area (Å²) in [6.45, 7) is 0.806. The third-order valence-corrected chi connectivity index (χ3v) is 5.43. The number of hydrogen-bond donors (Lipinski definition) is 2. The first-order valence-electron chi connectivity index (χ1n) is 11.0. The Labute approximate surface area is 203 Å². The highest BCUT2D eigenvalue weighted by Crippen LogP contribution is 2.32. The van der Waals surface area contributed by atoms with E-state index in [1.807, 2.05) is 62.6 Å². The first kappa shape index (κ1) is 23.9. The van der Waals surface area contributed by atoms with E-state index in [2.05, 4.69) is 14.6 Å². The fourth-order valence-corrected chi connectivity index (χ4v) is 3.85. The van der Waals surface area contributed by atoms with Crippen molar-refractivity contribution in [2.24, 2.45) is 4.99 Å². The van der Waals surface area contributed by atoms with Crippen LogP contribution in [-0.2, 0) is 16.1 Å². The maximum Gasteiger partial charge on any atom is 0.330 e. The van der Waals surface area contributed by atoms with Gasteiger partial charge >= 0.3 is 5.97 Å². The van der Waals surface area contributed by atoms with E-state index in [1.54, 1.807) is 12.1 Å². The first-order valence-corrected chi connectivity index (χ1v) is 11.0. The molecule has 0 fully saturated rings. The number of hydrogen-bond acceptors (Lipinski definition) is 5. The standard InChI is InChI=1S/C28H26FN3O3/c1-32(2)17-19-7-11-22(12-8-19)30-27(20-6-4-5-18(15-20)9-14-25(33)35-3)26-23-13-10-21(29)16-24(23)31-28(26)34/h4-16,31,34H,17H2,1-3H3. The van der Waals surface area contributed by atoms with Crippen LogP contribution in [0.1, 0.15) is 22.3 Å². The van der Waals surface area contributed by atoms with Crippen molar-refractivity contribution in [3.05, 3.63) is 101 Å². The summed E-state index contributed by atoms with van der Waals surface area (Å²) in [5.74, 6) is -0.974. The number of aromatic nitrogens is 1. The number of nitrogens with one attached hydrogen (secondary N) is 1. The molecule has 0 atom stereocenters. The predicted octanol–water partition coefficient (Wildman–Crippen LogP) is 5.43. The molecule has 4 rings (SSSR count). The SMILES string of the molecule is COC(=O)C=Cc1cccc(C(=Nc2ccc(CN(C)C)cc2)c2c(O)[nH]c3cc(F)ccc23)c1. The zero-order chi connectivity index (χ0) is 24.9. The minimum absolute atomic E-state index is 0.107. The van der Waals surface area contributed by atoms with Crippen molar-refractivity contribution in [1.29, 1.82) is 0 Å². The fraction of sp³-hybridized carbons (Fsp3) is 0.143. The zero-order valence-electron chi connectivity index (χ0n) is 19.7. The van der Waals surface area contributed by atoms with Gasteiger partial charge in [-0.05, 0) is 67.7 Å². The molecule has 4 aromatic rings. The van der Waals surface area contributed by atoms with Gasteiger partial charge < -0.3 is 19.7 Å². The summed E-state index contributed by atoms with van der Waals surface area (Å²) in [5.41, 5.74) is 4.76. The lowest BCUT2D eigenvalue weighted by Gasteiger charge is -2.11. The van der Waals surface area contributed by atoms with E-state index in [0.717, 1.165) is 23.2 Å². The third-order valence-electron chi connectivity index (χ3n) is 5.43. The lowest BCUT2D eigenvalue weighted by molar-refractivity contribution is -0.134. The van der Waals surface area contributed by atoms with Gasteiger partial charge in [0.25, 0.3) is 0 Å². The summed E-state index contributed by atoms with van der Waals surface area (Å²) in [6.07, 6.45) is 2.98. The summed E-state index contributed by atoms with van der Waals surface area (Å²) in [4.78, 5) is 21.4. The Morgan fingerprint density at radius 1 is 1.11 bits per heavy atom. The molecule has 0 radical (unpaired) electrons. The van der Waals surface area contributed by atoms with Crippen LogP contribution in [-0.4, -0.2) is 47.9 Å². The number of H-pyrrole nitrogens is 1. The number of aromatic amines is 1. The summed E-state index contributed by atoms with van der Waals surface area (Å²) in [7, 11) is 5.34. The number of rotatable bonds is 7. The number of methoxy groups -OCH3 is 1. The van der Waals surface area contributed by atoms with Gasteiger partial charge in [0.05, 0.1) is 29.6 Å². The van der Waals surface area contributed by atoms with Crippen LogP contribution < -0.4 is 0 Å². The van der Waals surface area contributed by atoms with Crippen LogP contribution in [0.3, 0.4) is 0 Å². The highest BCUT2D eigenvalue weighted by atomic mass is 19.1. The summed E-state index contributed by atoms with van der Waals surface area (Å²) < 4.78 is 18.5. The van der Waals surface area contributed by atoms with Crippen LogP contribution in [0.15, 0.2) is 77.8 Å². The molecule has 0 aliphatic carbocycles. The topological polar surface area (TPSA) is 77.9 Å². The smallest absolute Gasteiger partial charge is 0.330 e. The molecule has 0 unspecified atom stereocenters. The Kier molecular flexibility index (Phi) is 7.08.